The Hall–Kier alpha value is -2.05. The zero-order valence-electron chi connectivity index (χ0n) is 9.42. The highest BCUT2D eigenvalue weighted by atomic mass is 16.1. The molecule has 0 amide bonds. The van der Waals surface area contributed by atoms with Crippen LogP contribution in [0.2, 0.25) is 0 Å². The van der Waals surface area contributed by atoms with E-state index in [2.05, 4.69) is 15.5 Å². The van der Waals surface area contributed by atoms with Gasteiger partial charge in [0.25, 0.3) is 0 Å². The van der Waals surface area contributed by atoms with Gasteiger partial charge in [0.15, 0.2) is 12.1 Å². The molecule has 0 aliphatic carbocycles. The molecular weight excluding hydrogens is 218 g/mol. The molecule has 2 rings (SSSR count). The number of hydrogen-bond donors (Lipinski definition) is 2. The van der Waals surface area contributed by atoms with Crippen LogP contribution >= 0.6 is 0 Å². The van der Waals surface area contributed by atoms with Crippen LogP contribution in [0.5, 0.6) is 0 Å². The normalized spacial score (nSPS) is 10.5. The van der Waals surface area contributed by atoms with Crippen LogP contribution in [-0.2, 0) is 6.54 Å². The van der Waals surface area contributed by atoms with E-state index in [9.17, 15) is 4.79 Å². The number of rotatable bonds is 4. The topological polar surface area (TPSA) is 85.8 Å². The predicted octanol–water partition coefficient (Wildman–Crippen LogP) is 0.352. The van der Waals surface area contributed by atoms with Crippen LogP contribution in [0.3, 0.4) is 0 Å². The molecule has 6 heteroatoms. The Morgan fingerprint density at radius 3 is 3.06 bits per heavy atom. The predicted molar refractivity (Wildman–Crippen MR) is 62.5 cm³/mol. The molecular formula is C11H13N5O. The highest BCUT2D eigenvalue weighted by molar-refractivity contribution is 5.73. The van der Waals surface area contributed by atoms with Crippen LogP contribution in [0, 0.1) is 6.92 Å². The van der Waals surface area contributed by atoms with Gasteiger partial charge in [-0.15, -0.1) is 0 Å². The van der Waals surface area contributed by atoms with E-state index in [0.717, 1.165) is 11.8 Å². The minimum absolute atomic E-state index is 0.403. The van der Waals surface area contributed by atoms with Gasteiger partial charge in [0, 0.05) is 6.20 Å². The second-order valence-corrected chi connectivity index (χ2v) is 3.62. The molecule has 3 N–H and O–H groups in total. The molecule has 0 aliphatic rings. The van der Waals surface area contributed by atoms with Crippen LogP contribution in [0.1, 0.15) is 21.7 Å². The van der Waals surface area contributed by atoms with E-state index in [1.807, 2.05) is 19.1 Å². The molecule has 0 spiro atoms. The molecule has 0 saturated heterocycles. The van der Waals surface area contributed by atoms with Crippen LogP contribution in [0.4, 0.5) is 0 Å². The lowest BCUT2D eigenvalue weighted by atomic mass is 10.3. The molecule has 0 aliphatic heterocycles. The first kappa shape index (κ1) is 11.4. The largest absolute Gasteiger partial charge is 0.296 e. The summed E-state index contributed by atoms with van der Waals surface area (Å²) in [6.45, 7) is 2.32. The Bertz CT molecular complexity index is 534. The Balaban J connectivity index is 2.51. The first-order valence-corrected chi connectivity index (χ1v) is 5.16. The average Bonchev–Trinajstić information content (AvgIpc) is 2.73. The summed E-state index contributed by atoms with van der Waals surface area (Å²) in [6, 6.07) is 5.44. The molecule has 0 atom stereocenters. The summed E-state index contributed by atoms with van der Waals surface area (Å²) in [5, 5.41) is 4.28. The fourth-order valence-electron chi connectivity index (χ4n) is 1.59. The Morgan fingerprint density at radius 2 is 2.41 bits per heavy atom. The van der Waals surface area contributed by atoms with Gasteiger partial charge in [0.05, 0.1) is 12.2 Å². The van der Waals surface area contributed by atoms with E-state index < -0.39 is 0 Å². The van der Waals surface area contributed by atoms with Gasteiger partial charge in [-0.05, 0) is 24.6 Å². The molecule has 0 bridgehead atoms. The third kappa shape index (κ3) is 2.22. The maximum atomic E-state index is 11.0. The average molecular weight is 231 g/mol. The molecule has 17 heavy (non-hydrogen) atoms. The van der Waals surface area contributed by atoms with E-state index in [1.165, 1.54) is 4.68 Å². The molecule has 0 aromatic carbocycles. The molecule has 88 valence electrons. The molecule has 6 nitrogen and oxygen atoms in total. The number of hydrogen-bond acceptors (Lipinski definition) is 5. The number of pyridine rings is 1. The first-order valence-electron chi connectivity index (χ1n) is 5.16. The fourth-order valence-corrected chi connectivity index (χ4v) is 1.59. The lowest BCUT2D eigenvalue weighted by Gasteiger charge is -2.05. The van der Waals surface area contributed by atoms with E-state index in [1.54, 1.807) is 12.3 Å². The van der Waals surface area contributed by atoms with E-state index in [4.69, 9.17) is 5.84 Å². The van der Waals surface area contributed by atoms with Crippen molar-refractivity contribution in [2.75, 3.05) is 0 Å². The van der Waals surface area contributed by atoms with Crippen molar-refractivity contribution in [3.05, 3.63) is 41.3 Å². The monoisotopic (exact) mass is 231 g/mol. The summed E-state index contributed by atoms with van der Waals surface area (Å²) >= 11 is 0. The third-order valence-corrected chi connectivity index (χ3v) is 2.37. The van der Waals surface area contributed by atoms with Gasteiger partial charge in [-0.1, -0.05) is 6.07 Å². The minimum atomic E-state index is 0.403. The standard InChI is InChI=1S/C11H13N5O/c1-8-3-2-4-13-11(8)16-10(7-17)5-9(15-16)6-14-12/h2-5,7,14H,6,12H2,1H3. The summed E-state index contributed by atoms with van der Waals surface area (Å²) in [7, 11) is 0. The Morgan fingerprint density at radius 1 is 1.59 bits per heavy atom. The molecule has 2 heterocycles. The highest BCUT2D eigenvalue weighted by Gasteiger charge is 2.11. The quantitative estimate of drug-likeness (QED) is 0.450. The van der Waals surface area contributed by atoms with Gasteiger partial charge in [0.1, 0.15) is 5.69 Å². The molecule has 0 fully saturated rings. The van der Waals surface area contributed by atoms with Gasteiger partial charge in [0.2, 0.25) is 0 Å². The number of nitrogens with one attached hydrogen (secondary N) is 1. The van der Waals surface area contributed by atoms with Crippen LogP contribution in [0.15, 0.2) is 24.4 Å². The maximum Gasteiger partial charge on any atom is 0.168 e. The van der Waals surface area contributed by atoms with Crippen molar-refractivity contribution in [1.82, 2.24) is 20.2 Å². The lowest BCUT2D eigenvalue weighted by molar-refractivity contribution is 0.111. The van der Waals surface area contributed by atoms with E-state index in [-0.39, 0.29) is 0 Å². The number of aryl methyl sites for hydroxylation is 1. The number of aromatic nitrogens is 3. The second-order valence-electron chi connectivity index (χ2n) is 3.62. The molecule has 0 unspecified atom stereocenters. The number of nitrogens with two attached hydrogens (primary N) is 1. The second kappa shape index (κ2) is 4.86. The van der Waals surface area contributed by atoms with Crippen molar-refractivity contribution in [1.29, 1.82) is 0 Å². The van der Waals surface area contributed by atoms with Crippen molar-refractivity contribution >= 4 is 6.29 Å². The summed E-state index contributed by atoms with van der Waals surface area (Å²) in [5.41, 5.74) is 4.60. The van der Waals surface area contributed by atoms with Crippen LogP contribution < -0.4 is 11.3 Å². The summed E-state index contributed by atoms with van der Waals surface area (Å²) in [6.07, 6.45) is 2.42. The van der Waals surface area contributed by atoms with Gasteiger partial charge in [-0.2, -0.15) is 5.10 Å². The Labute approximate surface area is 98.4 Å². The van der Waals surface area contributed by atoms with Gasteiger partial charge >= 0.3 is 0 Å². The van der Waals surface area contributed by atoms with Crippen molar-refractivity contribution in [2.45, 2.75) is 13.5 Å². The van der Waals surface area contributed by atoms with Crippen LogP contribution in [-0.4, -0.2) is 21.1 Å². The molecule has 2 aromatic rings. The highest BCUT2D eigenvalue weighted by Crippen LogP contribution is 2.12. The molecule has 0 saturated carbocycles. The van der Waals surface area contributed by atoms with Gasteiger partial charge in [-0.25, -0.2) is 9.67 Å². The number of carbonyl (C=O) groups excluding carboxylic acids is 1. The lowest BCUT2D eigenvalue weighted by Crippen LogP contribution is -2.21. The summed E-state index contributed by atoms with van der Waals surface area (Å²) < 4.78 is 1.52. The van der Waals surface area contributed by atoms with Gasteiger partial charge < -0.3 is 0 Å². The summed E-state index contributed by atoms with van der Waals surface area (Å²) in [4.78, 5) is 15.2. The van der Waals surface area contributed by atoms with Crippen molar-refractivity contribution in [3.63, 3.8) is 0 Å². The van der Waals surface area contributed by atoms with E-state index in [0.29, 0.717) is 23.8 Å². The number of aldehydes is 1. The first-order chi connectivity index (χ1) is 8.26. The maximum absolute atomic E-state index is 11.0. The van der Waals surface area contributed by atoms with Crippen molar-refractivity contribution < 1.29 is 4.79 Å². The zero-order chi connectivity index (χ0) is 12.3. The van der Waals surface area contributed by atoms with Gasteiger partial charge in [-0.3, -0.25) is 16.1 Å². The third-order valence-electron chi connectivity index (χ3n) is 2.37. The van der Waals surface area contributed by atoms with Crippen LogP contribution in [0.25, 0.3) is 5.82 Å². The zero-order valence-corrected chi connectivity index (χ0v) is 9.42. The smallest absolute Gasteiger partial charge is 0.168 e. The Kier molecular flexibility index (Phi) is 3.27. The van der Waals surface area contributed by atoms with E-state index >= 15 is 0 Å². The molecule has 2 aromatic heterocycles. The SMILES string of the molecule is Cc1cccnc1-n1nc(CNN)cc1C=O. The van der Waals surface area contributed by atoms with Crippen molar-refractivity contribution in [3.8, 4) is 5.82 Å². The van der Waals surface area contributed by atoms with Crippen molar-refractivity contribution in [2.24, 2.45) is 5.84 Å². The number of hydrazine groups is 1. The summed E-state index contributed by atoms with van der Waals surface area (Å²) in [5.74, 6) is 5.88. The fraction of sp³-hybridized carbons (Fsp3) is 0.182. The minimum Gasteiger partial charge on any atom is -0.296 e. The number of nitrogens with zero attached hydrogens (tertiary/aromatic N) is 3. The molecule has 0 radical (unpaired) electrons. The number of carbonyl (C=O) groups is 1.